The second kappa shape index (κ2) is 10.5. The molecule has 10 nitrogen and oxygen atoms in total. The SMILES string of the molecule is N=C(OC(N)=NC1N=C(c2ccccc2)c2cccc(F)c2NC1=O)c1cccnc1N1CCOCC1. The number of morpholine rings is 1. The van der Waals surface area contributed by atoms with Crippen LogP contribution in [0, 0.1) is 11.2 Å². The molecule has 188 valence electrons. The van der Waals surface area contributed by atoms with E-state index in [9.17, 15) is 9.18 Å². The van der Waals surface area contributed by atoms with E-state index in [0.29, 0.717) is 54.5 Å². The van der Waals surface area contributed by atoms with Gasteiger partial charge < -0.3 is 25.4 Å². The summed E-state index contributed by atoms with van der Waals surface area (Å²) in [6, 6.07) is 16.5. The first-order valence-corrected chi connectivity index (χ1v) is 11.6. The van der Waals surface area contributed by atoms with Gasteiger partial charge in [-0.05, 0) is 18.2 Å². The molecule has 0 radical (unpaired) electrons. The van der Waals surface area contributed by atoms with Crippen molar-refractivity contribution in [3.63, 3.8) is 0 Å². The van der Waals surface area contributed by atoms with E-state index in [2.05, 4.69) is 20.3 Å². The number of aliphatic imine (C=N–C) groups is 2. The third-order valence-electron chi connectivity index (χ3n) is 5.85. The molecule has 3 aromatic rings. The maximum atomic E-state index is 14.7. The van der Waals surface area contributed by atoms with Crippen molar-refractivity contribution in [2.24, 2.45) is 15.7 Å². The van der Waals surface area contributed by atoms with Crippen LogP contribution in [-0.2, 0) is 14.3 Å². The number of ether oxygens (including phenoxy) is 2. The van der Waals surface area contributed by atoms with Gasteiger partial charge in [-0.3, -0.25) is 10.2 Å². The number of halogens is 1. The standard InChI is InChI=1S/C26H24FN7O3/c27-19-10-4-8-17-20(16-6-2-1-3-7-16)31-23(25(35)32-21(17)19)33-26(29)37-22(28)18-9-5-11-30-24(18)34-12-14-36-15-13-34/h1-11,23,28H,12-15H2,(H2,29,33)(H,32,35). The van der Waals surface area contributed by atoms with Gasteiger partial charge in [0.15, 0.2) is 0 Å². The molecule has 2 aliphatic rings. The molecule has 11 heteroatoms. The fraction of sp³-hybridized carbons (Fsp3) is 0.192. The van der Waals surface area contributed by atoms with Crippen LogP contribution >= 0.6 is 0 Å². The maximum absolute atomic E-state index is 14.7. The van der Waals surface area contributed by atoms with Gasteiger partial charge >= 0.3 is 0 Å². The van der Waals surface area contributed by atoms with Gasteiger partial charge in [-0.1, -0.05) is 42.5 Å². The van der Waals surface area contributed by atoms with Crippen LogP contribution in [0.2, 0.25) is 0 Å². The van der Waals surface area contributed by atoms with Crippen molar-refractivity contribution >= 4 is 35.0 Å². The summed E-state index contributed by atoms with van der Waals surface area (Å²) in [5, 5.41) is 11.0. The van der Waals surface area contributed by atoms with Gasteiger partial charge in [0.2, 0.25) is 12.1 Å². The lowest BCUT2D eigenvalue weighted by atomic mass is 10.0. The van der Waals surface area contributed by atoms with E-state index in [1.165, 1.54) is 6.07 Å². The summed E-state index contributed by atoms with van der Waals surface area (Å²) in [6.45, 7) is 2.35. The smallest absolute Gasteiger partial charge is 0.291 e. The molecule has 0 aliphatic carbocycles. The van der Waals surface area contributed by atoms with Crippen molar-refractivity contribution in [1.29, 1.82) is 5.41 Å². The molecular weight excluding hydrogens is 477 g/mol. The van der Waals surface area contributed by atoms with Crippen LogP contribution in [0.5, 0.6) is 0 Å². The second-order valence-electron chi connectivity index (χ2n) is 8.24. The number of pyridine rings is 1. The molecule has 1 aromatic heterocycles. The van der Waals surface area contributed by atoms with Crippen molar-refractivity contribution in [2.45, 2.75) is 6.17 Å². The number of anilines is 2. The van der Waals surface area contributed by atoms with Crippen LogP contribution in [0.25, 0.3) is 0 Å². The van der Waals surface area contributed by atoms with E-state index in [4.69, 9.17) is 20.6 Å². The minimum atomic E-state index is -1.37. The number of nitrogens with zero attached hydrogens (tertiary/aromatic N) is 4. The number of carbonyl (C=O) groups is 1. The number of hydrogen-bond acceptors (Lipinski definition) is 8. The molecule has 2 aromatic carbocycles. The van der Waals surface area contributed by atoms with E-state index >= 15 is 0 Å². The van der Waals surface area contributed by atoms with Crippen LogP contribution < -0.4 is 16.0 Å². The van der Waals surface area contributed by atoms with Crippen LogP contribution in [0.1, 0.15) is 16.7 Å². The molecule has 1 saturated heterocycles. The van der Waals surface area contributed by atoms with Crippen molar-refractivity contribution in [3.8, 4) is 0 Å². The van der Waals surface area contributed by atoms with Gasteiger partial charge in [0.25, 0.3) is 11.9 Å². The zero-order valence-electron chi connectivity index (χ0n) is 19.7. The van der Waals surface area contributed by atoms with Gasteiger partial charge in [-0.15, -0.1) is 0 Å². The number of hydrogen-bond donors (Lipinski definition) is 3. The number of rotatable bonds is 4. The van der Waals surface area contributed by atoms with Gasteiger partial charge in [0, 0.05) is 30.4 Å². The molecule has 5 rings (SSSR count). The van der Waals surface area contributed by atoms with Gasteiger partial charge in [-0.2, -0.15) is 4.99 Å². The summed E-state index contributed by atoms with van der Waals surface area (Å²) in [4.78, 5) is 28.0. The van der Waals surface area contributed by atoms with E-state index in [1.807, 2.05) is 23.1 Å². The highest BCUT2D eigenvalue weighted by atomic mass is 19.1. The van der Waals surface area contributed by atoms with Crippen molar-refractivity contribution in [2.75, 3.05) is 36.5 Å². The van der Waals surface area contributed by atoms with Crippen LogP contribution in [0.15, 0.2) is 76.8 Å². The van der Waals surface area contributed by atoms with Crippen LogP contribution in [0.4, 0.5) is 15.9 Å². The summed E-state index contributed by atoms with van der Waals surface area (Å²) in [7, 11) is 0. The molecule has 3 heterocycles. The maximum Gasteiger partial charge on any atom is 0.291 e. The molecular formula is C26H24FN7O3. The van der Waals surface area contributed by atoms with Crippen molar-refractivity contribution in [3.05, 3.63) is 89.4 Å². The first kappa shape index (κ1) is 24.1. The lowest BCUT2D eigenvalue weighted by Gasteiger charge is -2.29. The Morgan fingerprint density at radius 2 is 1.92 bits per heavy atom. The Balaban J connectivity index is 1.44. The predicted molar refractivity (Wildman–Crippen MR) is 138 cm³/mol. The van der Waals surface area contributed by atoms with Crippen LogP contribution in [-0.4, -0.2) is 61.0 Å². The Bertz CT molecular complexity index is 1390. The third-order valence-corrected chi connectivity index (χ3v) is 5.85. The average Bonchev–Trinajstić information content (AvgIpc) is 3.06. The largest absolute Gasteiger partial charge is 0.407 e. The van der Waals surface area contributed by atoms with Gasteiger partial charge in [0.05, 0.1) is 30.2 Å². The van der Waals surface area contributed by atoms with E-state index in [0.717, 1.165) is 0 Å². The monoisotopic (exact) mass is 501 g/mol. The van der Waals surface area contributed by atoms with E-state index < -0.39 is 23.9 Å². The highest BCUT2D eigenvalue weighted by Gasteiger charge is 2.28. The first-order chi connectivity index (χ1) is 18.0. The number of carbonyl (C=O) groups excluding carboxylic acids is 1. The highest BCUT2D eigenvalue weighted by molar-refractivity contribution is 6.19. The van der Waals surface area contributed by atoms with Crippen LogP contribution in [0.3, 0.4) is 0 Å². The van der Waals surface area contributed by atoms with E-state index in [1.54, 1.807) is 42.6 Å². The zero-order chi connectivity index (χ0) is 25.8. The number of amides is 1. The number of nitrogens with two attached hydrogens (primary N) is 1. The topological polar surface area (TPSA) is 138 Å². The summed E-state index contributed by atoms with van der Waals surface area (Å²) in [6.07, 6.45) is 0.258. The van der Waals surface area contributed by atoms with E-state index in [-0.39, 0.29) is 11.6 Å². The lowest BCUT2D eigenvalue weighted by Crippen LogP contribution is -2.38. The Morgan fingerprint density at radius 1 is 1.14 bits per heavy atom. The minimum absolute atomic E-state index is 0.00514. The number of amidine groups is 1. The van der Waals surface area contributed by atoms with Gasteiger partial charge in [0.1, 0.15) is 11.6 Å². The Hall–Kier alpha value is -4.64. The van der Waals surface area contributed by atoms with Crippen molar-refractivity contribution in [1.82, 2.24) is 4.98 Å². The number of aromatic nitrogens is 1. The molecule has 37 heavy (non-hydrogen) atoms. The second-order valence-corrected chi connectivity index (χ2v) is 8.24. The fourth-order valence-corrected chi connectivity index (χ4v) is 4.11. The van der Waals surface area contributed by atoms with Crippen molar-refractivity contribution < 1.29 is 18.7 Å². The zero-order valence-corrected chi connectivity index (χ0v) is 19.7. The molecule has 1 atom stereocenters. The lowest BCUT2D eigenvalue weighted by molar-refractivity contribution is -0.117. The number of benzodiazepines with no additional fused rings is 1. The molecule has 1 amide bonds. The first-order valence-electron chi connectivity index (χ1n) is 11.6. The predicted octanol–water partition coefficient (Wildman–Crippen LogP) is 2.53. The molecule has 0 saturated carbocycles. The molecule has 0 bridgehead atoms. The molecule has 1 fully saturated rings. The summed E-state index contributed by atoms with van der Waals surface area (Å²) in [5.41, 5.74) is 7.88. The minimum Gasteiger partial charge on any atom is -0.407 e. The Morgan fingerprint density at radius 3 is 2.70 bits per heavy atom. The molecule has 4 N–H and O–H groups in total. The Kier molecular flexibility index (Phi) is 6.86. The Labute approximate surface area is 212 Å². The normalized spacial score (nSPS) is 17.8. The third kappa shape index (κ3) is 5.16. The quantitative estimate of drug-likeness (QED) is 0.371. The molecule has 2 aliphatic heterocycles. The number of benzene rings is 2. The average molecular weight is 502 g/mol. The fourth-order valence-electron chi connectivity index (χ4n) is 4.11. The number of fused-ring (bicyclic) bond motifs is 1. The molecule has 1 unspecified atom stereocenters. The molecule has 0 spiro atoms. The number of nitrogens with one attached hydrogen (secondary N) is 2. The number of para-hydroxylation sites is 1. The van der Waals surface area contributed by atoms with Gasteiger partial charge in [-0.25, -0.2) is 14.4 Å². The highest BCUT2D eigenvalue weighted by Crippen LogP contribution is 2.27. The summed E-state index contributed by atoms with van der Waals surface area (Å²) >= 11 is 0. The summed E-state index contributed by atoms with van der Waals surface area (Å²) < 4.78 is 25.5. The summed E-state index contributed by atoms with van der Waals surface area (Å²) in [5.74, 6) is -1.01.